The number of H-pyrrole nitrogens is 1. The third kappa shape index (κ3) is 3.68. The zero-order chi connectivity index (χ0) is 19.7. The molecule has 0 aliphatic carbocycles. The van der Waals surface area contributed by atoms with Crippen LogP contribution in [0.2, 0.25) is 5.02 Å². The van der Waals surface area contributed by atoms with Crippen molar-refractivity contribution in [1.29, 1.82) is 0 Å². The Morgan fingerprint density at radius 2 is 2.29 bits per heavy atom. The second-order valence-corrected chi connectivity index (χ2v) is 7.03. The highest BCUT2D eigenvalue weighted by atomic mass is 35.5. The molecule has 1 atom stereocenters. The van der Waals surface area contributed by atoms with E-state index in [2.05, 4.69) is 15.3 Å². The van der Waals surface area contributed by atoms with Gasteiger partial charge < -0.3 is 19.8 Å². The number of carbonyl (C=O) groups excluding carboxylic acids is 1. The minimum atomic E-state index is -0.694. The summed E-state index contributed by atoms with van der Waals surface area (Å²) in [4.78, 5) is 19.3. The number of rotatable bonds is 5. The van der Waals surface area contributed by atoms with Gasteiger partial charge in [-0.05, 0) is 43.2 Å². The Bertz CT molecular complexity index is 1030. The van der Waals surface area contributed by atoms with Crippen LogP contribution in [0.5, 0.6) is 5.75 Å². The molecule has 8 heteroatoms. The number of ether oxygens (including phenoxy) is 2. The third-order valence-corrected chi connectivity index (χ3v) is 5.06. The number of hydrogen-bond donors (Lipinski definition) is 2. The SMILES string of the molecule is COc1ccc(-c2cc3[nH]c(CNC(=O)C4CCCO4)cc3cc2Cl)nc1F. The highest BCUT2D eigenvalue weighted by Crippen LogP contribution is 2.32. The topological polar surface area (TPSA) is 76.2 Å². The van der Waals surface area contributed by atoms with E-state index in [-0.39, 0.29) is 17.8 Å². The van der Waals surface area contributed by atoms with E-state index in [1.165, 1.54) is 13.2 Å². The quantitative estimate of drug-likeness (QED) is 0.635. The molecule has 6 nitrogen and oxygen atoms in total. The number of halogens is 2. The lowest BCUT2D eigenvalue weighted by atomic mass is 10.1. The number of methoxy groups -OCH3 is 1. The molecule has 4 rings (SSSR count). The summed E-state index contributed by atoms with van der Waals surface area (Å²) in [5.41, 5.74) is 2.67. The van der Waals surface area contributed by atoms with Crippen molar-refractivity contribution in [3.05, 3.63) is 47.0 Å². The zero-order valence-electron chi connectivity index (χ0n) is 15.2. The van der Waals surface area contributed by atoms with Gasteiger partial charge in [0.25, 0.3) is 5.95 Å². The number of pyridine rings is 1. The molecule has 1 saturated heterocycles. The molecule has 0 radical (unpaired) electrons. The lowest BCUT2D eigenvalue weighted by Gasteiger charge is -2.09. The van der Waals surface area contributed by atoms with Gasteiger partial charge in [0.2, 0.25) is 5.91 Å². The van der Waals surface area contributed by atoms with Crippen LogP contribution in [0.15, 0.2) is 30.3 Å². The molecule has 0 saturated carbocycles. The Morgan fingerprint density at radius 1 is 1.43 bits per heavy atom. The van der Waals surface area contributed by atoms with E-state index in [0.29, 0.717) is 29.4 Å². The fourth-order valence-corrected chi connectivity index (χ4v) is 3.58. The van der Waals surface area contributed by atoms with Gasteiger partial charge in [0, 0.05) is 28.8 Å². The second kappa shape index (κ2) is 7.77. The molecule has 1 aromatic carbocycles. The Morgan fingerprint density at radius 3 is 3.00 bits per heavy atom. The van der Waals surface area contributed by atoms with Crippen molar-refractivity contribution in [2.24, 2.45) is 0 Å². The third-order valence-electron chi connectivity index (χ3n) is 4.75. The van der Waals surface area contributed by atoms with Gasteiger partial charge in [-0.2, -0.15) is 4.39 Å². The molecular weight excluding hydrogens is 385 g/mol. The normalized spacial score (nSPS) is 16.5. The molecule has 28 heavy (non-hydrogen) atoms. The van der Waals surface area contributed by atoms with Crippen molar-refractivity contribution in [3.8, 4) is 17.0 Å². The van der Waals surface area contributed by atoms with Crippen molar-refractivity contribution in [3.63, 3.8) is 0 Å². The van der Waals surface area contributed by atoms with Gasteiger partial charge in [-0.25, -0.2) is 4.98 Å². The molecule has 1 aliphatic heterocycles. The number of aromatic nitrogens is 2. The van der Waals surface area contributed by atoms with Crippen LogP contribution in [-0.2, 0) is 16.1 Å². The van der Waals surface area contributed by atoms with Crippen molar-refractivity contribution in [2.75, 3.05) is 13.7 Å². The predicted octanol–water partition coefficient (Wildman–Crippen LogP) is 3.83. The van der Waals surface area contributed by atoms with Crippen molar-refractivity contribution in [1.82, 2.24) is 15.3 Å². The average Bonchev–Trinajstić information content (AvgIpc) is 3.35. The summed E-state index contributed by atoms with van der Waals surface area (Å²) in [6.07, 6.45) is 1.30. The van der Waals surface area contributed by atoms with E-state index in [1.807, 2.05) is 12.1 Å². The van der Waals surface area contributed by atoms with E-state index < -0.39 is 5.95 Å². The number of aromatic amines is 1. The van der Waals surface area contributed by atoms with Crippen LogP contribution in [-0.4, -0.2) is 35.7 Å². The monoisotopic (exact) mass is 403 g/mol. The molecule has 2 N–H and O–H groups in total. The maximum atomic E-state index is 14.0. The molecule has 3 aromatic rings. The lowest BCUT2D eigenvalue weighted by Crippen LogP contribution is -2.33. The zero-order valence-corrected chi connectivity index (χ0v) is 16.0. The Hall–Kier alpha value is -2.64. The minimum Gasteiger partial charge on any atom is -0.492 e. The molecule has 1 aliphatic rings. The maximum Gasteiger partial charge on any atom is 0.255 e. The van der Waals surface area contributed by atoms with Gasteiger partial charge >= 0.3 is 0 Å². The minimum absolute atomic E-state index is 0.0742. The van der Waals surface area contributed by atoms with Crippen LogP contribution < -0.4 is 10.1 Å². The number of nitrogens with one attached hydrogen (secondary N) is 2. The first kappa shape index (κ1) is 18.7. The second-order valence-electron chi connectivity index (χ2n) is 6.62. The summed E-state index contributed by atoms with van der Waals surface area (Å²) in [5.74, 6) is -0.724. The first-order valence-corrected chi connectivity index (χ1v) is 9.34. The lowest BCUT2D eigenvalue weighted by molar-refractivity contribution is -0.130. The molecule has 1 fully saturated rings. The van der Waals surface area contributed by atoms with Gasteiger partial charge in [0.1, 0.15) is 6.10 Å². The summed E-state index contributed by atoms with van der Waals surface area (Å²) in [5, 5.41) is 4.23. The molecule has 3 heterocycles. The van der Waals surface area contributed by atoms with Crippen LogP contribution in [0.3, 0.4) is 0 Å². The van der Waals surface area contributed by atoms with Gasteiger partial charge in [0.05, 0.1) is 24.4 Å². The van der Waals surface area contributed by atoms with E-state index in [0.717, 1.165) is 29.4 Å². The molecule has 146 valence electrons. The fraction of sp³-hybridized carbons (Fsp3) is 0.300. The first-order chi connectivity index (χ1) is 13.5. The standard InChI is InChI=1S/C20H19ClFN3O3/c1-27-17-5-4-15(25-19(17)22)13-9-16-11(8-14(13)21)7-12(24-16)10-23-20(26)18-3-2-6-28-18/h4-5,7-9,18,24H,2-3,6,10H2,1H3,(H,23,26). The smallest absolute Gasteiger partial charge is 0.255 e. The van der Waals surface area contributed by atoms with Gasteiger partial charge in [-0.15, -0.1) is 0 Å². The van der Waals surface area contributed by atoms with E-state index in [9.17, 15) is 9.18 Å². The van der Waals surface area contributed by atoms with Crippen molar-refractivity contribution >= 4 is 28.4 Å². The summed E-state index contributed by atoms with van der Waals surface area (Å²) in [6, 6.07) is 8.69. The number of carbonyl (C=O) groups is 1. The van der Waals surface area contributed by atoms with Gasteiger partial charge in [-0.3, -0.25) is 4.79 Å². The Labute approximate surface area is 166 Å². The number of nitrogens with zero attached hydrogens (tertiary/aromatic N) is 1. The first-order valence-electron chi connectivity index (χ1n) is 8.96. The highest BCUT2D eigenvalue weighted by molar-refractivity contribution is 6.34. The van der Waals surface area contributed by atoms with E-state index in [1.54, 1.807) is 12.1 Å². The van der Waals surface area contributed by atoms with E-state index >= 15 is 0 Å². The van der Waals surface area contributed by atoms with Crippen LogP contribution in [0.1, 0.15) is 18.5 Å². The van der Waals surface area contributed by atoms with Crippen LogP contribution in [0.25, 0.3) is 22.2 Å². The van der Waals surface area contributed by atoms with E-state index in [4.69, 9.17) is 21.1 Å². The molecular formula is C20H19ClFN3O3. The van der Waals surface area contributed by atoms with Gasteiger partial charge in [-0.1, -0.05) is 11.6 Å². The molecule has 1 amide bonds. The van der Waals surface area contributed by atoms with Gasteiger partial charge in [0.15, 0.2) is 5.75 Å². The predicted molar refractivity (Wildman–Crippen MR) is 104 cm³/mol. The number of fused-ring (bicyclic) bond motifs is 1. The van der Waals surface area contributed by atoms with Crippen molar-refractivity contribution < 1.29 is 18.7 Å². The number of benzene rings is 1. The Kier molecular flexibility index (Phi) is 5.19. The summed E-state index contributed by atoms with van der Waals surface area (Å²) in [6.45, 7) is 0.988. The molecule has 1 unspecified atom stereocenters. The summed E-state index contributed by atoms with van der Waals surface area (Å²) >= 11 is 6.39. The van der Waals surface area contributed by atoms with Crippen LogP contribution in [0.4, 0.5) is 4.39 Å². The number of hydrogen-bond acceptors (Lipinski definition) is 4. The maximum absolute atomic E-state index is 14.0. The molecule has 2 aromatic heterocycles. The van der Waals surface area contributed by atoms with Crippen LogP contribution in [0, 0.1) is 5.95 Å². The highest BCUT2D eigenvalue weighted by Gasteiger charge is 2.23. The van der Waals surface area contributed by atoms with Crippen LogP contribution >= 0.6 is 11.6 Å². The Balaban J connectivity index is 1.56. The summed E-state index contributed by atoms with van der Waals surface area (Å²) in [7, 11) is 1.39. The molecule has 0 bridgehead atoms. The van der Waals surface area contributed by atoms with Crippen molar-refractivity contribution in [2.45, 2.75) is 25.5 Å². The molecule has 0 spiro atoms. The average molecular weight is 404 g/mol. The fourth-order valence-electron chi connectivity index (χ4n) is 3.31. The summed E-state index contributed by atoms with van der Waals surface area (Å²) < 4.78 is 24.2. The number of amides is 1. The largest absolute Gasteiger partial charge is 0.492 e.